The van der Waals surface area contributed by atoms with Gasteiger partial charge in [0.2, 0.25) is 0 Å². The van der Waals surface area contributed by atoms with Gasteiger partial charge in [-0.1, -0.05) is 24.3 Å². The molecule has 67 heavy (non-hydrogen) atoms. The number of hydrogen-bond donors (Lipinski definition) is 1. The Hall–Kier alpha value is -7.03. The zero-order valence-corrected chi connectivity index (χ0v) is 39.1. The summed E-state index contributed by atoms with van der Waals surface area (Å²) < 4.78 is 64.7. The van der Waals surface area contributed by atoms with Crippen LogP contribution < -0.4 is 40.2 Å². The number of ether oxygens (including phenoxy) is 4. The first-order valence-electron chi connectivity index (χ1n) is 21.5. The number of allylic oxidation sites excluding steroid dienone is 1. The second-order valence-corrected chi connectivity index (χ2v) is 21.5. The molecule has 1 aromatic heterocycles. The summed E-state index contributed by atoms with van der Waals surface area (Å²) in [5, 5.41) is 5.48. The Balaban J connectivity index is 1.01. The van der Waals surface area contributed by atoms with Gasteiger partial charge in [-0.15, -0.1) is 0 Å². The molecule has 1 N–H and O–H groups in total. The van der Waals surface area contributed by atoms with Crippen molar-refractivity contribution in [1.82, 2.24) is 20.3 Å². The number of nitrogens with one attached hydrogen (secondary N) is 1. The number of hydroxylamine groups is 2. The number of benzene rings is 5. The fourth-order valence-electron chi connectivity index (χ4n) is 8.36. The van der Waals surface area contributed by atoms with Crippen molar-refractivity contribution in [3.63, 3.8) is 0 Å². The van der Waals surface area contributed by atoms with Gasteiger partial charge in [0, 0.05) is 0 Å². The molecule has 346 valence electrons. The average Bonchev–Trinajstić information content (AvgIpc) is 3.63. The van der Waals surface area contributed by atoms with Crippen LogP contribution in [0.15, 0.2) is 175 Å². The number of nitrogens with zero attached hydrogens (tertiary/aromatic N) is 3. The van der Waals surface area contributed by atoms with Crippen LogP contribution in [0.25, 0.3) is 0 Å². The van der Waals surface area contributed by atoms with Crippen molar-refractivity contribution in [2.75, 3.05) is 20.8 Å². The molecule has 0 unspecified atom stereocenters. The molecule has 1 saturated heterocycles. The predicted octanol–water partition coefficient (Wildman–Crippen LogP) is 7.48. The first kappa shape index (κ1) is 46.5. The average molecular weight is 943 g/mol. The number of carbonyl (C=O) groups excluding carboxylic acids is 2. The van der Waals surface area contributed by atoms with E-state index in [9.17, 15) is 18.0 Å². The second kappa shape index (κ2) is 19.8. The molecule has 2 bridgehead atoms. The zero-order chi connectivity index (χ0) is 47.0. The monoisotopic (exact) mass is 942 g/mol. The van der Waals surface area contributed by atoms with Gasteiger partial charge in [-0.3, -0.25) is 0 Å². The van der Waals surface area contributed by atoms with Crippen LogP contribution >= 0.6 is 6.83 Å². The van der Waals surface area contributed by atoms with E-state index in [1.54, 1.807) is 52.1 Å². The van der Waals surface area contributed by atoms with Crippen molar-refractivity contribution in [3.8, 4) is 23.0 Å². The van der Waals surface area contributed by atoms with Crippen LogP contribution in [-0.2, 0) is 43.2 Å². The summed E-state index contributed by atoms with van der Waals surface area (Å²) in [5.74, 6) is 3.54. The van der Waals surface area contributed by atoms with Crippen molar-refractivity contribution in [3.05, 3.63) is 192 Å². The van der Waals surface area contributed by atoms with Gasteiger partial charge in [0.1, 0.15) is 24.7 Å². The van der Waals surface area contributed by atoms with Crippen LogP contribution in [0.3, 0.4) is 0 Å². The second-order valence-electron chi connectivity index (χ2n) is 15.9. The fourth-order valence-corrected chi connectivity index (χ4v) is 15.9. The molecule has 1 fully saturated rings. The van der Waals surface area contributed by atoms with Crippen LogP contribution in [0.4, 0.5) is 4.79 Å². The van der Waals surface area contributed by atoms with Crippen molar-refractivity contribution in [2.24, 2.45) is 0 Å². The Labute approximate surface area is 390 Å². The SMILES string of the molecule is C/C=C/P(OS(=O)(=O)ON1C(=O)N2C[C@H]1C(C)=C[C@H]2C(=O)NCc1cc(OCc2ccc(OC)cc2)c(OCc2ccc(OC)cc2)cn1)(c1ccccc1)(c1ccccc1)c1ccccc1. The number of amides is 3. The summed E-state index contributed by atoms with van der Waals surface area (Å²) in [6, 6.07) is 41.4. The number of carbonyl (C=O) groups is 2. The van der Waals surface area contributed by atoms with Crippen LogP contribution in [0.1, 0.15) is 30.7 Å². The van der Waals surface area contributed by atoms with E-state index in [4.69, 9.17) is 27.2 Å². The van der Waals surface area contributed by atoms with E-state index in [1.165, 1.54) is 11.1 Å². The van der Waals surface area contributed by atoms with E-state index in [1.807, 2.05) is 140 Å². The molecule has 14 nitrogen and oxygen atoms in total. The van der Waals surface area contributed by atoms with Crippen LogP contribution in [0.2, 0.25) is 0 Å². The molecule has 0 radical (unpaired) electrons. The Morgan fingerprint density at radius 3 is 1.76 bits per heavy atom. The van der Waals surface area contributed by atoms with Gasteiger partial charge in [-0.05, 0) is 35.4 Å². The number of aromatic nitrogens is 1. The number of fused-ring (bicyclic) bond motifs is 2. The van der Waals surface area contributed by atoms with E-state index in [-0.39, 0.29) is 26.3 Å². The number of methoxy groups -OCH3 is 2. The van der Waals surface area contributed by atoms with Crippen LogP contribution in [0, 0.1) is 0 Å². The molecule has 0 spiro atoms. The Morgan fingerprint density at radius 2 is 1.27 bits per heavy atom. The van der Waals surface area contributed by atoms with E-state index in [0.29, 0.717) is 38.7 Å². The summed E-state index contributed by atoms with van der Waals surface area (Å²) >= 11 is 0. The Morgan fingerprint density at radius 1 is 0.761 bits per heavy atom. The Kier molecular flexibility index (Phi) is 13.8. The van der Waals surface area contributed by atoms with Crippen molar-refractivity contribution in [2.45, 2.75) is 45.7 Å². The van der Waals surface area contributed by atoms with Crippen molar-refractivity contribution >= 4 is 45.1 Å². The summed E-state index contributed by atoms with van der Waals surface area (Å²) in [4.78, 5) is 34.0. The maximum atomic E-state index is 14.7. The Bertz CT molecular complexity index is 2770. The summed E-state index contributed by atoms with van der Waals surface area (Å²) in [7, 11) is -1.86. The van der Waals surface area contributed by atoms with E-state index >= 15 is 0 Å². The summed E-state index contributed by atoms with van der Waals surface area (Å²) in [5.41, 5.74) is 2.81. The molecule has 3 heterocycles. The summed E-state index contributed by atoms with van der Waals surface area (Å²) in [6.07, 6.45) is 4.94. The molecular weight excluding hydrogens is 892 g/mol. The number of rotatable bonds is 19. The number of urea groups is 1. The van der Waals surface area contributed by atoms with E-state index < -0.39 is 41.3 Å². The molecular formula is C51H51N4O10PS. The molecule has 2 atom stereocenters. The fraction of sp³-hybridized carbons (Fsp3) is 0.196. The maximum absolute atomic E-state index is 14.7. The van der Waals surface area contributed by atoms with Crippen molar-refractivity contribution in [1.29, 1.82) is 0 Å². The van der Waals surface area contributed by atoms with Gasteiger partial charge < -0.3 is 18.9 Å². The molecule has 6 aromatic rings. The summed E-state index contributed by atoms with van der Waals surface area (Å²) in [6.45, 7) is -0.636. The molecule has 16 heteroatoms. The first-order chi connectivity index (χ1) is 32.5. The molecule has 0 aliphatic carbocycles. The molecule has 8 rings (SSSR count). The number of pyridine rings is 1. The van der Waals surface area contributed by atoms with Gasteiger partial charge in [0.25, 0.3) is 0 Å². The normalized spacial score (nSPS) is 16.5. The van der Waals surface area contributed by atoms with E-state index in [0.717, 1.165) is 27.7 Å². The van der Waals surface area contributed by atoms with Gasteiger partial charge >= 0.3 is 257 Å². The molecule has 5 aromatic carbocycles. The number of hydrogen-bond acceptors (Lipinski definition) is 11. The van der Waals surface area contributed by atoms with E-state index in [2.05, 4.69) is 10.3 Å². The predicted molar refractivity (Wildman–Crippen MR) is 257 cm³/mol. The minimum atomic E-state index is -5.07. The third kappa shape index (κ3) is 9.50. The van der Waals surface area contributed by atoms with Crippen molar-refractivity contribution < 1.29 is 45.2 Å². The van der Waals surface area contributed by atoms with Gasteiger partial charge in [-0.25, -0.2) is 0 Å². The molecule has 2 aliphatic heterocycles. The third-order valence-electron chi connectivity index (χ3n) is 11.7. The quantitative estimate of drug-likeness (QED) is 0.0635. The topological polar surface area (TPSA) is 155 Å². The van der Waals surface area contributed by atoms with Crippen LogP contribution in [-0.4, -0.2) is 68.2 Å². The molecule has 3 amide bonds. The first-order valence-corrected chi connectivity index (χ1v) is 25.1. The molecule has 2 aliphatic rings. The standard InChI is InChI=1S/C51H51N4O10PS/c1-5-29-66(43-15-9-6-10-16-43,44-17-11-7-12-18-44,45-19-13-8-14-20-45)65-67(58,59)64-55-47-34-54(51(55)57)46(30-37(47)2)50(56)53-32-40-31-48(62-35-38-21-25-41(60-3)26-22-38)49(33-52-40)63-36-39-23-27-42(61-4)28-24-39/h5-31,33,46-47H,32,34-36H2,1-4H3,(H,53,56)/b29-5+/t46-,47-/m0/s1. The van der Waals surface area contributed by atoms with Crippen LogP contribution in [0.5, 0.6) is 23.0 Å². The zero-order valence-electron chi connectivity index (χ0n) is 37.4. The van der Waals surface area contributed by atoms with Gasteiger partial charge in [0.05, 0.1) is 20.4 Å². The van der Waals surface area contributed by atoms with Gasteiger partial charge in [-0.2, -0.15) is 0 Å². The third-order valence-corrected chi connectivity index (χ3v) is 18.9. The minimum absolute atomic E-state index is 0.00881. The molecule has 0 saturated carbocycles. The van der Waals surface area contributed by atoms with Gasteiger partial charge in [0.15, 0.2) is 11.5 Å².